The monoisotopic (exact) mass is 426 g/mol. The van der Waals surface area contributed by atoms with Gasteiger partial charge in [-0.3, -0.25) is 0 Å². The SMILES string of the molecule is CC(C)[Si](O[C@@H](/C=C/c1ccccc1)[C@@H](O)[C@H](O)c1ccccc1)(C(C)C)C(C)C. The topological polar surface area (TPSA) is 49.7 Å². The summed E-state index contributed by atoms with van der Waals surface area (Å²) < 4.78 is 6.89. The molecule has 0 spiro atoms. The molecular formula is C26H38O3Si. The third kappa shape index (κ3) is 5.70. The third-order valence-corrected chi connectivity index (χ3v) is 12.2. The van der Waals surface area contributed by atoms with Crippen LogP contribution in [0.1, 0.15) is 58.8 Å². The first-order valence-corrected chi connectivity index (χ1v) is 13.2. The minimum atomic E-state index is -2.26. The van der Waals surface area contributed by atoms with E-state index in [0.717, 1.165) is 5.56 Å². The fourth-order valence-corrected chi connectivity index (χ4v) is 10.2. The zero-order chi connectivity index (χ0) is 22.3. The first-order valence-electron chi connectivity index (χ1n) is 11.0. The van der Waals surface area contributed by atoms with Crippen molar-refractivity contribution >= 4 is 14.4 Å². The Balaban J connectivity index is 2.43. The van der Waals surface area contributed by atoms with Crippen molar-refractivity contribution in [2.45, 2.75) is 76.5 Å². The molecule has 0 fully saturated rings. The van der Waals surface area contributed by atoms with Gasteiger partial charge in [0.15, 0.2) is 0 Å². The standard InChI is InChI=1S/C26H38O3Si/c1-19(2)30(20(3)4,21(5)6)29-24(18-17-22-13-9-7-10-14-22)26(28)25(27)23-15-11-8-12-16-23/h7-21,24-28H,1-6H3/b18-17+/t24-,25+,26+/m0/s1. The Morgan fingerprint density at radius 1 is 0.733 bits per heavy atom. The Hall–Kier alpha value is -1.72. The van der Waals surface area contributed by atoms with Crippen LogP contribution in [0.15, 0.2) is 66.7 Å². The van der Waals surface area contributed by atoms with Gasteiger partial charge >= 0.3 is 0 Å². The predicted octanol–water partition coefficient (Wildman–Crippen LogP) is 6.36. The van der Waals surface area contributed by atoms with E-state index >= 15 is 0 Å². The van der Waals surface area contributed by atoms with Crippen LogP contribution in [-0.2, 0) is 4.43 Å². The van der Waals surface area contributed by atoms with Crippen molar-refractivity contribution in [3.8, 4) is 0 Å². The van der Waals surface area contributed by atoms with Crippen LogP contribution in [0.5, 0.6) is 0 Å². The van der Waals surface area contributed by atoms with E-state index in [1.807, 2.05) is 72.8 Å². The molecule has 3 atom stereocenters. The Morgan fingerprint density at radius 3 is 1.67 bits per heavy atom. The van der Waals surface area contributed by atoms with Gasteiger partial charge in [-0.1, -0.05) is 114 Å². The van der Waals surface area contributed by atoms with Gasteiger partial charge in [-0.15, -0.1) is 0 Å². The number of hydrogen-bond acceptors (Lipinski definition) is 3. The van der Waals surface area contributed by atoms with Gasteiger partial charge in [0.25, 0.3) is 0 Å². The molecule has 0 aromatic heterocycles. The Labute approximate surface area is 183 Å². The molecule has 0 bridgehead atoms. The largest absolute Gasteiger partial charge is 0.407 e. The van der Waals surface area contributed by atoms with Gasteiger partial charge in [-0.2, -0.15) is 0 Å². The Morgan fingerprint density at radius 2 is 1.20 bits per heavy atom. The van der Waals surface area contributed by atoms with Crippen LogP contribution < -0.4 is 0 Å². The molecule has 2 aromatic rings. The van der Waals surface area contributed by atoms with Gasteiger partial charge in [0.1, 0.15) is 12.2 Å². The van der Waals surface area contributed by atoms with Gasteiger partial charge < -0.3 is 14.6 Å². The first-order chi connectivity index (χ1) is 14.2. The molecule has 3 nitrogen and oxygen atoms in total. The summed E-state index contributed by atoms with van der Waals surface area (Å²) >= 11 is 0. The highest BCUT2D eigenvalue weighted by Crippen LogP contribution is 2.44. The highest BCUT2D eigenvalue weighted by Gasteiger charge is 2.47. The number of aliphatic hydroxyl groups is 2. The van der Waals surface area contributed by atoms with E-state index in [-0.39, 0.29) is 0 Å². The van der Waals surface area contributed by atoms with Crippen LogP contribution in [0.4, 0.5) is 0 Å². The molecule has 0 aliphatic carbocycles. The van der Waals surface area contributed by atoms with Gasteiger partial charge in [0.05, 0.1) is 6.10 Å². The van der Waals surface area contributed by atoms with Gasteiger partial charge in [-0.05, 0) is 27.8 Å². The quantitative estimate of drug-likeness (QED) is 0.435. The highest BCUT2D eigenvalue weighted by molar-refractivity contribution is 6.77. The second kappa shape index (κ2) is 11.1. The van der Waals surface area contributed by atoms with Gasteiger partial charge in [0.2, 0.25) is 8.32 Å². The molecule has 2 aromatic carbocycles. The smallest absolute Gasteiger partial charge is 0.201 e. The van der Waals surface area contributed by atoms with E-state index in [0.29, 0.717) is 22.2 Å². The second-order valence-corrected chi connectivity index (χ2v) is 14.4. The van der Waals surface area contributed by atoms with E-state index in [9.17, 15) is 10.2 Å². The number of benzene rings is 2. The lowest BCUT2D eigenvalue weighted by molar-refractivity contribution is -0.0388. The molecule has 30 heavy (non-hydrogen) atoms. The van der Waals surface area contributed by atoms with E-state index in [1.54, 1.807) is 0 Å². The van der Waals surface area contributed by atoms with E-state index < -0.39 is 26.6 Å². The molecule has 0 unspecified atom stereocenters. The lowest BCUT2D eigenvalue weighted by Gasteiger charge is -2.45. The van der Waals surface area contributed by atoms with E-state index in [2.05, 4.69) is 41.5 Å². The molecule has 4 heteroatoms. The van der Waals surface area contributed by atoms with Crippen LogP contribution in [0.2, 0.25) is 16.6 Å². The third-order valence-electron chi connectivity index (χ3n) is 6.13. The maximum Gasteiger partial charge on any atom is 0.201 e. The van der Waals surface area contributed by atoms with E-state index in [4.69, 9.17) is 4.43 Å². The van der Waals surface area contributed by atoms with Crippen molar-refractivity contribution in [2.75, 3.05) is 0 Å². The molecule has 2 N–H and O–H groups in total. The minimum absolute atomic E-state index is 0.381. The fraction of sp³-hybridized carbons (Fsp3) is 0.462. The zero-order valence-electron chi connectivity index (χ0n) is 19.2. The minimum Gasteiger partial charge on any atom is -0.407 e. The normalized spacial score (nSPS) is 15.8. The lowest BCUT2D eigenvalue weighted by atomic mass is 10.00. The van der Waals surface area contributed by atoms with Crippen LogP contribution in [-0.4, -0.2) is 30.7 Å². The first kappa shape index (κ1) is 24.5. The van der Waals surface area contributed by atoms with Crippen molar-refractivity contribution in [3.63, 3.8) is 0 Å². The Bertz CT molecular complexity index is 750. The molecule has 0 saturated heterocycles. The molecule has 0 amide bonds. The summed E-state index contributed by atoms with van der Waals surface area (Å²) in [5.41, 5.74) is 2.87. The molecule has 0 heterocycles. The van der Waals surface area contributed by atoms with Crippen molar-refractivity contribution in [1.82, 2.24) is 0 Å². The fourth-order valence-electron chi connectivity index (χ4n) is 4.66. The summed E-state index contributed by atoms with van der Waals surface area (Å²) in [6, 6.07) is 19.3. The molecule has 0 radical (unpaired) electrons. The summed E-state index contributed by atoms with van der Waals surface area (Å²) in [4.78, 5) is 0. The number of hydrogen-bond donors (Lipinski definition) is 2. The van der Waals surface area contributed by atoms with Crippen molar-refractivity contribution in [3.05, 3.63) is 77.9 Å². The summed E-state index contributed by atoms with van der Waals surface area (Å²) in [5.74, 6) is 0. The summed E-state index contributed by atoms with van der Waals surface area (Å²) in [6.45, 7) is 13.4. The lowest BCUT2D eigenvalue weighted by Crippen LogP contribution is -2.52. The maximum atomic E-state index is 11.2. The molecule has 2 rings (SSSR count). The molecule has 164 valence electrons. The van der Waals surface area contributed by atoms with Crippen molar-refractivity contribution in [2.24, 2.45) is 0 Å². The maximum absolute atomic E-state index is 11.2. The van der Waals surface area contributed by atoms with Crippen molar-refractivity contribution < 1.29 is 14.6 Å². The van der Waals surface area contributed by atoms with Crippen LogP contribution in [0.3, 0.4) is 0 Å². The average molecular weight is 427 g/mol. The molecular weight excluding hydrogens is 388 g/mol. The molecule has 0 aliphatic heterocycles. The average Bonchev–Trinajstić information content (AvgIpc) is 2.73. The van der Waals surface area contributed by atoms with E-state index in [1.165, 1.54) is 0 Å². The Kier molecular flexibility index (Phi) is 9.04. The number of aliphatic hydroxyl groups excluding tert-OH is 2. The highest BCUT2D eigenvalue weighted by atomic mass is 28.4. The van der Waals surface area contributed by atoms with Gasteiger partial charge in [0, 0.05) is 0 Å². The predicted molar refractivity (Wildman–Crippen MR) is 129 cm³/mol. The summed E-state index contributed by atoms with van der Waals surface area (Å²) in [5, 5.41) is 22.1. The number of rotatable bonds is 10. The van der Waals surface area contributed by atoms with Crippen LogP contribution in [0.25, 0.3) is 6.08 Å². The molecule has 0 saturated carbocycles. The van der Waals surface area contributed by atoms with Gasteiger partial charge in [-0.25, -0.2) is 0 Å². The second-order valence-electron chi connectivity index (χ2n) is 9.02. The summed E-state index contributed by atoms with van der Waals surface area (Å²) in [6.07, 6.45) is 1.22. The van der Waals surface area contributed by atoms with Crippen LogP contribution >= 0.6 is 0 Å². The van der Waals surface area contributed by atoms with Crippen molar-refractivity contribution in [1.29, 1.82) is 0 Å². The molecule has 0 aliphatic rings. The van der Waals surface area contributed by atoms with Crippen LogP contribution in [0, 0.1) is 0 Å². The summed E-state index contributed by atoms with van der Waals surface area (Å²) in [7, 11) is -2.26. The zero-order valence-corrected chi connectivity index (χ0v) is 20.2.